The second-order valence-corrected chi connectivity index (χ2v) is 6.00. The van der Waals surface area contributed by atoms with E-state index in [2.05, 4.69) is 4.98 Å². The van der Waals surface area contributed by atoms with Crippen molar-refractivity contribution in [2.24, 2.45) is 0 Å². The Morgan fingerprint density at radius 3 is 3.00 bits per heavy atom. The predicted molar refractivity (Wildman–Crippen MR) is 81.7 cm³/mol. The Morgan fingerprint density at radius 2 is 2.23 bits per heavy atom. The Morgan fingerprint density at radius 1 is 1.36 bits per heavy atom. The van der Waals surface area contributed by atoms with Crippen LogP contribution in [0.15, 0.2) is 28.9 Å². The monoisotopic (exact) mass is 318 g/mol. The molecular formula is C16H15ClN2O3. The van der Waals surface area contributed by atoms with E-state index in [-0.39, 0.29) is 5.91 Å². The zero-order valence-corrected chi connectivity index (χ0v) is 12.7. The summed E-state index contributed by atoms with van der Waals surface area (Å²) in [6.07, 6.45) is 4.83. The van der Waals surface area contributed by atoms with Gasteiger partial charge >= 0.3 is 0 Å². The van der Waals surface area contributed by atoms with Crippen LogP contribution in [0.25, 0.3) is 0 Å². The second-order valence-electron chi connectivity index (χ2n) is 5.59. The number of aromatic nitrogens is 1. The normalized spacial score (nSPS) is 17.6. The number of amides is 1. The largest absolute Gasteiger partial charge is 0.488 e. The van der Waals surface area contributed by atoms with Crippen molar-refractivity contribution in [1.29, 1.82) is 0 Å². The van der Waals surface area contributed by atoms with Gasteiger partial charge in [0.15, 0.2) is 17.3 Å². The first-order chi connectivity index (χ1) is 10.7. The van der Waals surface area contributed by atoms with Gasteiger partial charge in [0.05, 0.1) is 17.3 Å². The molecule has 0 N–H and O–H groups in total. The summed E-state index contributed by atoms with van der Waals surface area (Å²) in [7, 11) is 0. The number of fused-ring (bicyclic) bond motifs is 1. The molecule has 2 heterocycles. The second kappa shape index (κ2) is 5.32. The Balaban J connectivity index is 1.63. The number of hydrogen-bond donors (Lipinski definition) is 0. The average molecular weight is 319 g/mol. The van der Waals surface area contributed by atoms with Crippen LogP contribution < -0.4 is 9.64 Å². The lowest BCUT2D eigenvalue weighted by atomic mass is 9.85. The highest BCUT2D eigenvalue weighted by Gasteiger charge is 2.30. The first-order valence-electron chi connectivity index (χ1n) is 7.42. The van der Waals surface area contributed by atoms with Crippen molar-refractivity contribution in [3.05, 3.63) is 41.1 Å². The van der Waals surface area contributed by atoms with Gasteiger partial charge in [0.1, 0.15) is 12.9 Å². The molecule has 1 aromatic carbocycles. The van der Waals surface area contributed by atoms with Gasteiger partial charge < -0.3 is 9.15 Å². The van der Waals surface area contributed by atoms with Gasteiger partial charge in [-0.05, 0) is 25.0 Å². The van der Waals surface area contributed by atoms with Crippen LogP contribution in [0, 0.1) is 0 Å². The molecule has 2 aromatic rings. The van der Waals surface area contributed by atoms with Crippen LogP contribution in [0.1, 0.15) is 41.6 Å². The minimum atomic E-state index is -0.179. The molecule has 1 aliphatic heterocycles. The fraction of sp³-hybridized carbons (Fsp3) is 0.375. The number of rotatable bonds is 2. The number of carbonyl (C=O) groups is 1. The Hall–Kier alpha value is -2.01. The van der Waals surface area contributed by atoms with Crippen molar-refractivity contribution in [1.82, 2.24) is 4.98 Å². The van der Waals surface area contributed by atoms with Crippen molar-refractivity contribution in [2.75, 3.05) is 18.1 Å². The maximum Gasteiger partial charge on any atom is 0.280 e. The predicted octanol–water partition coefficient (Wildman–Crippen LogP) is 3.63. The van der Waals surface area contributed by atoms with Crippen LogP contribution in [0.3, 0.4) is 0 Å². The number of benzene rings is 1. The van der Waals surface area contributed by atoms with E-state index in [0.29, 0.717) is 47.1 Å². The fourth-order valence-electron chi connectivity index (χ4n) is 2.79. The molecule has 1 amide bonds. The summed E-state index contributed by atoms with van der Waals surface area (Å²) in [5.41, 5.74) is 1.02. The van der Waals surface area contributed by atoms with E-state index >= 15 is 0 Å². The van der Waals surface area contributed by atoms with Crippen molar-refractivity contribution < 1.29 is 13.9 Å². The Bertz CT molecular complexity index is 724. The van der Waals surface area contributed by atoms with Gasteiger partial charge in [-0.3, -0.25) is 9.69 Å². The highest BCUT2D eigenvalue weighted by Crippen LogP contribution is 2.39. The summed E-state index contributed by atoms with van der Waals surface area (Å²) in [6.45, 7) is 0.883. The van der Waals surface area contributed by atoms with Crippen molar-refractivity contribution >= 4 is 23.2 Å². The average Bonchev–Trinajstić information content (AvgIpc) is 2.94. The summed E-state index contributed by atoms with van der Waals surface area (Å²) < 4.78 is 11.0. The standard InChI is InChI=1S/C16H15ClN2O3/c17-11-5-2-6-13-14(11)21-8-7-19(13)16(20)12-9-22-15(18-12)10-3-1-4-10/h2,5-6,9-10H,1,3-4,7-8H2. The molecule has 5 nitrogen and oxygen atoms in total. The number of nitrogens with zero attached hydrogens (tertiary/aromatic N) is 2. The first kappa shape index (κ1) is 13.6. The van der Waals surface area contributed by atoms with Gasteiger partial charge in [-0.1, -0.05) is 24.1 Å². The van der Waals surface area contributed by atoms with Gasteiger partial charge in [0, 0.05) is 5.92 Å². The van der Waals surface area contributed by atoms with E-state index in [9.17, 15) is 4.79 Å². The number of hydrogen-bond acceptors (Lipinski definition) is 4. The van der Waals surface area contributed by atoms with Gasteiger partial charge in [-0.15, -0.1) is 0 Å². The van der Waals surface area contributed by atoms with E-state index in [4.69, 9.17) is 20.8 Å². The van der Waals surface area contributed by atoms with Gasteiger partial charge in [0.25, 0.3) is 5.91 Å². The highest BCUT2D eigenvalue weighted by molar-refractivity contribution is 6.32. The lowest BCUT2D eigenvalue weighted by Gasteiger charge is -2.29. The quantitative estimate of drug-likeness (QED) is 0.848. The van der Waals surface area contributed by atoms with Crippen molar-refractivity contribution in [2.45, 2.75) is 25.2 Å². The van der Waals surface area contributed by atoms with Crippen LogP contribution in [0.4, 0.5) is 5.69 Å². The summed E-state index contributed by atoms with van der Waals surface area (Å²) in [4.78, 5) is 18.7. The number of oxazole rings is 1. The third-order valence-corrected chi connectivity index (χ3v) is 4.54. The third kappa shape index (κ3) is 2.16. The van der Waals surface area contributed by atoms with Crippen LogP contribution in [0.2, 0.25) is 5.02 Å². The number of anilines is 1. The zero-order valence-electron chi connectivity index (χ0n) is 11.9. The topological polar surface area (TPSA) is 55.6 Å². The van der Waals surface area contributed by atoms with E-state index in [1.807, 2.05) is 6.07 Å². The van der Waals surface area contributed by atoms with E-state index in [1.54, 1.807) is 17.0 Å². The molecule has 1 saturated carbocycles. The van der Waals surface area contributed by atoms with Crippen LogP contribution in [0.5, 0.6) is 5.75 Å². The molecule has 2 aliphatic rings. The molecule has 0 spiro atoms. The van der Waals surface area contributed by atoms with Gasteiger partial charge in [-0.25, -0.2) is 4.98 Å². The van der Waals surface area contributed by atoms with Gasteiger partial charge in [-0.2, -0.15) is 0 Å². The smallest absolute Gasteiger partial charge is 0.280 e. The van der Waals surface area contributed by atoms with E-state index in [1.165, 1.54) is 12.7 Å². The molecule has 0 radical (unpaired) electrons. The molecule has 114 valence electrons. The molecule has 0 bridgehead atoms. The molecule has 4 rings (SSSR count). The molecule has 1 aromatic heterocycles. The van der Waals surface area contributed by atoms with Crippen LogP contribution in [-0.4, -0.2) is 24.0 Å². The summed E-state index contributed by atoms with van der Waals surface area (Å²) >= 11 is 6.13. The minimum absolute atomic E-state index is 0.179. The molecule has 1 fully saturated rings. The van der Waals surface area contributed by atoms with Crippen molar-refractivity contribution in [3.63, 3.8) is 0 Å². The molecule has 6 heteroatoms. The minimum Gasteiger partial charge on any atom is -0.488 e. The maximum absolute atomic E-state index is 12.7. The van der Waals surface area contributed by atoms with E-state index in [0.717, 1.165) is 12.8 Å². The van der Waals surface area contributed by atoms with Crippen LogP contribution >= 0.6 is 11.6 Å². The molecular weight excluding hydrogens is 304 g/mol. The maximum atomic E-state index is 12.7. The highest BCUT2D eigenvalue weighted by atomic mass is 35.5. The Labute approximate surface area is 132 Å². The summed E-state index contributed by atoms with van der Waals surface area (Å²) in [5, 5.41) is 0.505. The lowest BCUT2D eigenvalue weighted by molar-refractivity contribution is 0.0971. The molecule has 0 unspecified atom stereocenters. The zero-order chi connectivity index (χ0) is 15.1. The van der Waals surface area contributed by atoms with Gasteiger partial charge in [0.2, 0.25) is 0 Å². The van der Waals surface area contributed by atoms with Crippen molar-refractivity contribution in [3.8, 4) is 5.75 Å². The van der Waals surface area contributed by atoms with E-state index < -0.39 is 0 Å². The number of ether oxygens (including phenoxy) is 1. The molecule has 0 atom stereocenters. The fourth-order valence-corrected chi connectivity index (χ4v) is 3.01. The van der Waals surface area contributed by atoms with Crippen LogP contribution in [-0.2, 0) is 0 Å². The summed E-state index contributed by atoms with van der Waals surface area (Å²) in [6, 6.07) is 5.38. The number of carbonyl (C=O) groups excluding carboxylic acids is 1. The summed E-state index contributed by atoms with van der Waals surface area (Å²) in [5.74, 6) is 1.41. The Kier molecular flexibility index (Phi) is 3.30. The lowest BCUT2D eigenvalue weighted by Crippen LogP contribution is -2.38. The molecule has 22 heavy (non-hydrogen) atoms. The number of halogens is 1. The number of para-hydroxylation sites is 1. The first-order valence-corrected chi connectivity index (χ1v) is 7.80. The third-order valence-electron chi connectivity index (χ3n) is 4.24. The molecule has 1 aliphatic carbocycles. The molecule has 0 saturated heterocycles. The SMILES string of the molecule is O=C(c1coc(C2CCC2)n1)N1CCOc2c(Cl)cccc21.